The van der Waals surface area contributed by atoms with Crippen LogP contribution in [0.15, 0.2) is 0 Å². The molecule has 0 aromatic rings. The lowest BCUT2D eigenvalue weighted by Gasteiger charge is -2.32. The summed E-state index contributed by atoms with van der Waals surface area (Å²) in [5, 5.41) is 3.59. The molecule has 0 aromatic carbocycles. The molecule has 3 atom stereocenters. The summed E-state index contributed by atoms with van der Waals surface area (Å²) in [6.45, 7) is 15.3. The van der Waals surface area contributed by atoms with E-state index in [-0.39, 0.29) is 0 Å². The first-order chi connectivity index (χ1) is 8.90. The Bertz CT molecular complexity index is 242. The number of rotatable bonds is 8. The van der Waals surface area contributed by atoms with Gasteiger partial charge in [-0.3, -0.25) is 0 Å². The van der Waals surface area contributed by atoms with Crippen LogP contribution in [-0.2, 0) is 0 Å². The number of likely N-dealkylation sites (tertiary alicyclic amines) is 1. The summed E-state index contributed by atoms with van der Waals surface area (Å²) in [4.78, 5) is 5.02. The van der Waals surface area contributed by atoms with Gasteiger partial charge >= 0.3 is 0 Å². The molecule has 1 saturated heterocycles. The molecule has 0 bridgehead atoms. The zero-order valence-electron chi connectivity index (χ0n) is 13.9. The van der Waals surface area contributed by atoms with Crippen LogP contribution in [0.1, 0.15) is 34.1 Å². The SMILES string of the molecule is CC(C)CNCC(C)C(C)N(C)CC1CCN(C)C1. The van der Waals surface area contributed by atoms with Crippen molar-refractivity contribution in [3.63, 3.8) is 0 Å². The lowest BCUT2D eigenvalue weighted by Crippen LogP contribution is -2.42. The van der Waals surface area contributed by atoms with Gasteiger partial charge in [0.15, 0.2) is 0 Å². The van der Waals surface area contributed by atoms with E-state index >= 15 is 0 Å². The maximum Gasteiger partial charge on any atom is 0.0102 e. The van der Waals surface area contributed by atoms with E-state index in [1.165, 1.54) is 26.1 Å². The van der Waals surface area contributed by atoms with E-state index in [4.69, 9.17) is 0 Å². The van der Waals surface area contributed by atoms with Crippen molar-refractivity contribution >= 4 is 0 Å². The Morgan fingerprint density at radius 2 is 1.89 bits per heavy atom. The van der Waals surface area contributed by atoms with Gasteiger partial charge in [0, 0.05) is 19.1 Å². The predicted octanol–water partition coefficient (Wildman–Crippen LogP) is 2.14. The van der Waals surface area contributed by atoms with Crippen molar-refractivity contribution in [2.75, 3.05) is 46.8 Å². The molecule has 19 heavy (non-hydrogen) atoms. The second-order valence-electron chi connectivity index (χ2n) is 7.13. The molecule has 1 aliphatic rings. The molecule has 0 saturated carbocycles. The molecule has 0 aromatic heterocycles. The van der Waals surface area contributed by atoms with Gasteiger partial charge in [-0.2, -0.15) is 0 Å². The van der Waals surface area contributed by atoms with Crippen LogP contribution in [0.5, 0.6) is 0 Å². The van der Waals surface area contributed by atoms with E-state index < -0.39 is 0 Å². The molecular formula is C16H35N3. The third-order valence-corrected chi connectivity index (χ3v) is 4.57. The Hall–Kier alpha value is -0.120. The van der Waals surface area contributed by atoms with E-state index in [9.17, 15) is 0 Å². The van der Waals surface area contributed by atoms with Gasteiger partial charge in [0.25, 0.3) is 0 Å². The van der Waals surface area contributed by atoms with Gasteiger partial charge in [0.2, 0.25) is 0 Å². The monoisotopic (exact) mass is 269 g/mol. The Morgan fingerprint density at radius 1 is 1.21 bits per heavy atom. The summed E-state index contributed by atoms with van der Waals surface area (Å²) >= 11 is 0. The van der Waals surface area contributed by atoms with Crippen LogP contribution < -0.4 is 5.32 Å². The second-order valence-corrected chi connectivity index (χ2v) is 7.13. The highest BCUT2D eigenvalue weighted by molar-refractivity contribution is 4.79. The minimum Gasteiger partial charge on any atom is -0.316 e. The number of nitrogens with zero attached hydrogens (tertiary/aromatic N) is 2. The first-order valence-electron chi connectivity index (χ1n) is 7.99. The quantitative estimate of drug-likeness (QED) is 0.728. The molecule has 1 rings (SSSR count). The van der Waals surface area contributed by atoms with E-state index in [0.29, 0.717) is 12.0 Å². The highest BCUT2D eigenvalue weighted by Crippen LogP contribution is 2.18. The van der Waals surface area contributed by atoms with Gasteiger partial charge in [0.05, 0.1) is 0 Å². The minimum absolute atomic E-state index is 0.658. The van der Waals surface area contributed by atoms with E-state index in [1.807, 2.05) is 0 Å². The van der Waals surface area contributed by atoms with E-state index in [1.54, 1.807) is 0 Å². The summed E-state index contributed by atoms with van der Waals surface area (Å²) in [5.41, 5.74) is 0. The number of hydrogen-bond acceptors (Lipinski definition) is 3. The van der Waals surface area contributed by atoms with Gasteiger partial charge in [-0.25, -0.2) is 0 Å². The zero-order chi connectivity index (χ0) is 14.4. The fraction of sp³-hybridized carbons (Fsp3) is 1.00. The lowest BCUT2D eigenvalue weighted by molar-refractivity contribution is 0.170. The molecular weight excluding hydrogens is 234 g/mol. The fourth-order valence-electron chi connectivity index (χ4n) is 2.95. The van der Waals surface area contributed by atoms with Gasteiger partial charge in [-0.1, -0.05) is 20.8 Å². The van der Waals surface area contributed by atoms with Crippen LogP contribution in [0.3, 0.4) is 0 Å². The standard InChI is InChI=1S/C16H35N3/c1-13(2)9-17-10-14(3)15(4)19(6)12-16-7-8-18(5)11-16/h13-17H,7-12H2,1-6H3. The van der Waals surface area contributed by atoms with Crippen LogP contribution in [0.2, 0.25) is 0 Å². The summed E-state index contributed by atoms with van der Waals surface area (Å²) < 4.78 is 0. The van der Waals surface area contributed by atoms with Crippen molar-refractivity contribution in [3.05, 3.63) is 0 Å². The molecule has 0 spiro atoms. The van der Waals surface area contributed by atoms with Gasteiger partial charge in [-0.15, -0.1) is 0 Å². The van der Waals surface area contributed by atoms with Crippen LogP contribution in [-0.4, -0.2) is 62.7 Å². The van der Waals surface area contributed by atoms with Crippen molar-refractivity contribution in [3.8, 4) is 0 Å². The van der Waals surface area contributed by atoms with Crippen molar-refractivity contribution < 1.29 is 0 Å². The molecule has 1 fully saturated rings. The summed E-state index contributed by atoms with van der Waals surface area (Å²) in [6, 6.07) is 0.658. The van der Waals surface area contributed by atoms with Crippen molar-refractivity contribution in [2.45, 2.75) is 40.2 Å². The second kappa shape index (κ2) is 8.23. The predicted molar refractivity (Wildman–Crippen MR) is 84.6 cm³/mol. The Morgan fingerprint density at radius 3 is 2.42 bits per heavy atom. The third kappa shape index (κ3) is 6.24. The molecule has 1 aliphatic heterocycles. The highest BCUT2D eigenvalue weighted by atomic mass is 15.2. The van der Waals surface area contributed by atoms with Gasteiger partial charge < -0.3 is 15.1 Å². The van der Waals surface area contributed by atoms with Crippen molar-refractivity contribution in [1.82, 2.24) is 15.1 Å². The minimum atomic E-state index is 0.658. The molecule has 1 heterocycles. The van der Waals surface area contributed by atoms with Crippen LogP contribution in [0.4, 0.5) is 0 Å². The normalized spacial score (nSPS) is 24.3. The number of hydrogen-bond donors (Lipinski definition) is 1. The molecule has 0 radical (unpaired) electrons. The lowest BCUT2D eigenvalue weighted by atomic mass is 10.00. The highest BCUT2D eigenvalue weighted by Gasteiger charge is 2.24. The average molecular weight is 269 g/mol. The zero-order valence-corrected chi connectivity index (χ0v) is 13.9. The van der Waals surface area contributed by atoms with Crippen LogP contribution in [0, 0.1) is 17.8 Å². The van der Waals surface area contributed by atoms with Gasteiger partial charge in [0.1, 0.15) is 0 Å². The first-order valence-corrected chi connectivity index (χ1v) is 7.99. The largest absolute Gasteiger partial charge is 0.316 e. The van der Waals surface area contributed by atoms with Crippen molar-refractivity contribution in [2.24, 2.45) is 17.8 Å². The van der Waals surface area contributed by atoms with E-state index in [2.05, 4.69) is 56.9 Å². The molecule has 3 nitrogen and oxygen atoms in total. The number of nitrogens with one attached hydrogen (secondary N) is 1. The maximum atomic E-state index is 3.59. The Balaban J connectivity index is 2.24. The summed E-state index contributed by atoms with van der Waals surface area (Å²) in [5.74, 6) is 2.32. The Labute approximate surface area is 120 Å². The topological polar surface area (TPSA) is 18.5 Å². The fourth-order valence-corrected chi connectivity index (χ4v) is 2.95. The molecule has 0 amide bonds. The molecule has 0 aliphatic carbocycles. The third-order valence-electron chi connectivity index (χ3n) is 4.57. The molecule has 3 unspecified atom stereocenters. The maximum absolute atomic E-state index is 3.59. The van der Waals surface area contributed by atoms with E-state index in [0.717, 1.165) is 24.9 Å². The molecule has 1 N–H and O–H groups in total. The van der Waals surface area contributed by atoms with Gasteiger partial charge in [-0.05, 0) is 64.8 Å². The summed E-state index contributed by atoms with van der Waals surface area (Å²) in [7, 11) is 4.53. The Kier molecular flexibility index (Phi) is 7.33. The molecule has 114 valence electrons. The van der Waals surface area contributed by atoms with Crippen LogP contribution >= 0.6 is 0 Å². The first kappa shape index (κ1) is 16.9. The smallest absolute Gasteiger partial charge is 0.0102 e. The molecule has 3 heteroatoms. The summed E-state index contributed by atoms with van der Waals surface area (Å²) in [6.07, 6.45) is 1.37. The average Bonchev–Trinajstić information content (AvgIpc) is 2.73. The van der Waals surface area contributed by atoms with Crippen LogP contribution in [0.25, 0.3) is 0 Å². The van der Waals surface area contributed by atoms with Crippen molar-refractivity contribution in [1.29, 1.82) is 0 Å².